The van der Waals surface area contributed by atoms with Crippen molar-refractivity contribution in [2.75, 3.05) is 0 Å². The van der Waals surface area contributed by atoms with Gasteiger partial charge in [-0.25, -0.2) is 4.57 Å². The number of nitrogens with zero attached hydrogens (tertiary/aromatic N) is 1. The number of benzene rings is 2. The molecule has 204 valence electrons. The van der Waals surface area contributed by atoms with Crippen molar-refractivity contribution in [2.24, 2.45) is 12.5 Å². The van der Waals surface area contributed by atoms with Crippen LogP contribution in [0.1, 0.15) is 114 Å². The zero-order valence-corrected chi connectivity index (χ0v) is 26.4. The summed E-state index contributed by atoms with van der Waals surface area (Å²) in [4.78, 5) is 0. The molecule has 3 aromatic rings. The first kappa shape index (κ1) is 27.6. The first-order valence-electron chi connectivity index (χ1n) is 15.6. The molecule has 1 aromatic heterocycles. The van der Waals surface area contributed by atoms with Gasteiger partial charge >= 0.3 is 0 Å². The highest BCUT2D eigenvalue weighted by Crippen LogP contribution is 2.42. The van der Waals surface area contributed by atoms with Crippen LogP contribution in [-0.2, 0) is 7.05 Å². The maximum absolute atomic E-state index is 2.66. The van der Waals surface area contributed by atoms with Gasteiger partial charge in [-0.3, -0.25) is 0 Å². The van der Waals surface area contributed by atoms with E-state index in [0.29, 0.717) is 5.41 Å². The van der Waals surface area contributed by atoms with Crippen molar-refractivity contribution in [3.05, 3.63) is 59.3 Å². The van der Waals surface area contributed by atoms with Crippen molar-refractivity contribution in [3.63, 3.8) is 0 Å². The van der Waals surface area contributed by atoms with Gasteiger partial charge in [0.25, 0.3) is 0 Å². The van der Waals surface area contributed by atoms with Gasteiger partial charge < -0.3 is 0 Å². The molecule has 1 heterocycles. The summed E-state index contributed by atoms with van der Waals surface area (Å²) in [5.41, 5.74) is 8.09. The summed E-state index contributed by atoms with van der Waals surface area (Å²) in [6.07, 6.45) is 16.2. The van der Waals surface area contributed by atoms with Gasteiger partial charge in [0.05, 0.1) is 19.0 Å². The Morgan fingerprint density at radius 2 is 1.45 bits per heavy atom. The molecule has 0 atom stereocenters. The molecule has 0 amide bonds. The van der Waals surface area contributed by atoms with Gasteiger partial charge in [0.2, 0.25) is 5.69 Å². The maximum Gasteiger partial charge on any atom is 0.220 e. The number of hydrogen-bond donors (Lipinski definition) is 0. The average Bonchev–Trinajstić information content (AvgIpc) is 2.88. The minimum Gasteiger partial charge on any atom is -0.200 e. The van der Waals surface area contributed by atoms with E-state index in [1.54, 1.807) is 16.3 Å². The molecular weight excluding hydrogens is 474 g/mol. The van der Waals surface area contributed by atoms with Crippen LogP contribution >= 0.6 is 0 Å². The van der Waals surface area contributed by atoms with Crippen LogP contribution in [0, 0.1) is 12.3 Å². The Balaban J connectivity index is 1.66. The maximum atomic E-state index is 2.66. The second-order valence-corrected chi connectivity index (χ2v) is 19.3. The number of aryl methyl sites for hydroxylation is 1. The van der Waals surface area contributed by atoms with E-state index in [4.69, 9.17) is 0 Å². The van der Waals surface area contributed by atoms with Crippen molar-refractivity contribution in [2.45, 2.75) is 123 Å². The largest absolute Gasteiger partial charge is 0.220 e. The Labute approximate surface area is 234 Å². The molecule has 2 aliphatic carbocycles. The van der Waals surface area contributed by atoms with Gasteiger partial charge in [-0.15, -0.1) is 0 Å². The minimum absolute atomic E-state index is 0.366. The Bertz CT molecular complexity index is 1280. The lowest BCUT2D eigenvalue weighted by Gasteiger charge is -2.31. The molecule has 5 rings (SSSR count). The third-order valence-corrected chi connectivity index (χ3v) is 13.6. The van der Waals surface area contributed by atoms with Crippen LogP contribution in [0.15, 0.2) is 42.6 Å². The molecule has 0 bridgehead atoms. The summed E-state index contributed by atoms with van der Waals surface area (Å²) >= 11 is 0. The molecule has 0 unspecified atom stereocenters. The predicted molar refractivity (Wildman–Crippen MR) is 168 cm³/mol. The average molecular weight is 527 g/mol. The van der Waals surface area contributed by atoms with E-state index in [9.17, 15) is 0 Å². The van der Waals surface area contributed by atoms with E-state index in [2.05, 4.69) is 95.0 Å². The molecule has 2 saturated carbocycles. The number of fused-ring (bicyclic) bond motifs is 1. The van der Waals surface area contributed by atoms with Gasteiger partial charge in [0.1, 0.15) is 7.05 Å². The van der Waals surface area contributed by atoms with Crippen LogP contribution in [0.2, 0.25) is 19.1 Å². The number of aromatic nitrogens is 1. The highest BCUT2D eigenvalue weighted by atomic mass is 28.3. The monoisotopic (exact) mass is 526 g/mol. The molecule has 0 saturated heterocycles. The van der Waals surface area contributed by atoms with Crippen LogP contribution in [0.25, 0.3) is 22.0 Å². The molecule has 1 nitrogen and oxygen atoms in total. The van der Waals surface area contributed by atoms with E-state index >= 15 is 0 Å². The Kier molecular flexibility index (Phi) is 7.93. The van der Waals surface area contributed by atoms with Crippen molar-refractivity contribution < 1.29 is 4.57 Å². The zero-order chi connectivity index (χ0) is 27.1. The van der Waals surface area contributed by atoms with Gasteiger partial charge in [0.15, 0.2) is 6.20 Å². The van der Waals surface area contributed by atoms with Crippen LogP contribution in [0.4, 0.5) is 0 Å². The Morgan fingerprint density at radius 1 is 0.816 bits per heavy atom. The Hall–Kier alpha value is -1.93. The fraction of sp³-hybridized carbons (Fsp3) is 0.583. The number of rotatable bonds is 5. The fourth-order valence-corrected chi connectivity index (χ4v) is 12.0. The molecule has 2 heteroatoms. The molecule has 0 N–H and O–H groups in total. The molecule has 0 spiro atoms. The molecule has 2 aliphatic rings. The van der Waals surface area contributed by atoms with Gasteiger partial charge in [0, 0.05) is 6.07 Å². The summed E-state index contributed by atoms with van der Waals surface area (Å²) in [7, 11) is 0.735. The van der Waals surface area contributed by atoms with Crippen LogP contribution < -0.4 is 9.75 Å². The lowest BCUT2D eigenvalue weighted by atomic mass is 9.76. The van der Waals surface area contributed by atoms with E-state index in [1.165, 1.54) is 97.8 Å². The highest BCUT2D eigenvalue weighted by molar-refractivity contribution is 6.90. The second kappa shape index (κ2) is 10.9. The van der Waals surface area contributed by atoms with Crippen molar-refractivity contribution >= 4 is 24.0 Å². The molecule has 0 aliphatic heterocycles. The topological polar surface area (TPSA) is 3.88 Å². The molecule has 2 aromatic carbocycles. The Morgan fingerprint density at radius 3 is 2.08 bits per heavy atom. The normalized spacial score (nSPS) is 18.3. The standard InChI is InChI=1S/C36H52NSi/c1-26-33(28-16-12-9-13-17-28)23-30(27-14-10-8-11-15-27)24-34(26)35-32-19-18-31(22-29(32)20-21-37(35)5)38(6,7)25-36(2,3)4/h18-24,27-28H,8-17,25H2,1-7H3/q+1. The predicted octanol–water partition coefficient (Wildman–Crippen LogP) is 9.70. The SMILES string of the molecule is Cc1c(-c2c3ccc([Si](C)(C)CC(C)(C)C)cc3cc[n+]2C)cc(C2CCCCC2)cc1C1CCCCC1. The highest BCUT2D eigenvalue weighted by Gasteiger charge is 2.31. The van der Waals surface area contributed by atoms with Crippen LogP contribution in [0.5, 0.6) is 0 Å². The van der Waals surface area contributed by atoms with Gasteiger partial charge in [-0.2, -0.15) is 0 Å². The first-order valence-corrected chi connectivity index (χ1v) is 18.8. The first-order chi connectivity index (χ1) is 18.0. The van der Waals surface area contributed by atoms with E-state index < -0.39 is 8.07 Å². The van der Waals surface area contributed by atoms with Gasteiger partial charge in [-0.05, 0) is 90.1 Å². The quantitative estimate of drug-likeness (QED) is 0.230. The molecular formula is C36H52NSi+. The van der Waals surface area contributed by atoms with Crippen molar-refractivity contribution in [1.29, 1.82) is 0 Å². The smallest absolute Gasteiger partial charge is 0.200 e. The zero-order valence-electron chi connectivity index (χ0n) is 25.4. The lowest BCUT2D eigenvalue weighted by Crippen LogP contribution is -2.44. The van der Waals surface area contributed by atoms with Crippen molar-refractivity contribution in [3.8, 4) is 11.3 Å². The second-order valence-electron chi connectivity index (χ2n) is 14.7. The number of hydrogen-bond acceptors (Lipinski definition) is 0. The van der Waals surface area contributed by atoms with E-state index in [1.807, 2.05) is 0 Å². The summed E-state index contributed by atoms with van der Waals surface area (Å²) in [5, 5.41) is 4.42. The third kappa shape index (κ3) is 5.81. The summed E-state index contributed by atoms with van der Waals surface area (Å²) < 4.78 is 2.40. The third-order valence-electron chi connectivity index (χ3n) is 9.74. The summed E-state index contributed by atoms with van der Waals surface area (Å²) in [6.45, 7) is 14.7. The molecule has 38 heavy (non-hydrogen) atoms. The van der Waals surface area contributed by atoms with E-state index in [0.717, 1.165) is 11.8 Å². The summed E-state index contributed by atoms with van der Waals surface area (Å²) in [5.74, 6) is 1.48. The summed E-state index contributed by atoms with van der Waals surface area (Å²) in [6, 6.07) is 16.4. The van der Waals surface area contributed by atoms with Crippen LogP contribution in [0.3, 0.4) is 0 Å². The molecule has 2 fully saturated rings. The van der Waals surface area contributed by atoms with Gasteiger partial charge in [-0.1, -0.05) is 95.8 Å². The lowest BCUT2D eigenvalue weighted by molar-refractivity contribution is -0.659. The van der Waals surface area contributed by atoms with Crippen molar-refractivity contribution in [1.82, 2.24) is 0 Å². The molecule has 0 radical (unpaired) electrons. The number of pyridine rings is 1. The van der Waals surface area contributed by atoms with Crippen LogP contribution in [-0.4, -0.2) is 8.07 Å². The van der Waals surface area contributed by atoms with E-state index in [-0.39, 0.29) is 0 Å². The minimum atomic E-state index is -1.52. The fourth-order valence-electron chi connectivity index (χ4n) is 8.07.